The number of carbonyl (C=O) groups excluding carboxylic acids is 1. The molecule has 4 nitrogen and oxygen atoms in total. The maximum Gasteiger partial charge on any atom is 0.230 e. The summed E-state index contributed by atoms with van der Waals surface area (Å²) in [6, 6.07) is 22.2. The summed E-state index contributed by atoms with van der Waals surface area (Å²) in [4.78, 5) is 13.5. The van der Waals surface area contributed by atoms with Crippen LogP contribution in [0.4, 0.5) is 0 Å². The van der Waals surface area contributed by atoms with E-state index in [9.17, 15) is 4.79 Å². The van der Waals surface area contributed by atoms with Crippen molar-refractivity contribution in [3.8, 4) is 11.3 Å². The van der Waals surface area contributed by atoms with Gasteiger partial charge in [0.2, 0.25) is 5.91 Å². The Morgan fingerprint density at radius 3 is 2.50 bits per heavy atom. The van der Waals surface area contributed by atoms with Crippen LogP contribution >= 0.6 is 23.1 Å². The number of thiophene rings is 1. The predicted octanol–water partition coefficient (Wildman–Crippen LogP) is 4.81. The number of amides is 1. The van der Waals surface area contributed by atoms with E-state index in [0.29, 0.717) is 12.3 Å². The van der Waals surface area contributed by atoms with E-state index in [1.165, 1.54) is 16.6 Å². The zero-order chi connectivity index (χ0) is 19.2. The van der Waals surface area contributed by atoms with E-state index < -0.39 is 0 Å². The third-order valence-electron chi connectivity index (χ3n) is 4.31. The fourth-order valence-electron chi connectivity index (χ4n) is 2.96. The summed E-state index contributed by atoms with van der Waals surface area (Å²) in [6.45, 7) is 0.652. The van der Waals surface area contributed by atoms with Crippen molar-refractivity contribution in [2.24, 2.45) is 0 Å². The van der Waals surface area contributed by atoms with Gasteiger partial charge in [0.15, 0.2) is 0 Å². The van der Waals surface area contributed by atoms with Crippen molar-refractivity contribution in [1.82, 2.24) is 15.5 Å². The highest BCUT2D eigenvalue weighted by atomic mass is 32.2. The van der Waals surface area contributed by atoms with Crippen molar-refractivity contribution in [2.75, 3.05) is 12.3 Å². The highest BCUT2D eigenvalue weighted by molar-refractivity contribution is 8.00. The van der Waals surface area contributed by atoms with Crippen molar-refractivity contribution in [3.63, 3.8) is 0 Å². The van der Waals surface area contributed by atoms with Gasteiger partial charge in [-0.15, -0.1) is 21.5 Å². The van der Waals surface area contributed by atoms with Crippen molar-refractivity contribution < 1.29 is 4.79 Å². The van der Waals surface area contributed by atoms with Crippen LogP contribution in [-0.4, -0.2) is 28.4 Å². The molecule has 2 aromatic carbocycles. The van der Waals surface area contributed by atoms with Gasteiger partial charge in [-0.05, 0) is 17.9 Å². The molecule has 2 heterocycles. The normalized spacial score (nSPS) is 10.9. The average molecular weight is 406 g/mol. The highest BCUT2D eigenvalue weighted by Gasteiger charge is 2.12. The molecule has 0 saturated heterocycles. The summed E-state index contributed by atoms with van der Waals surface area (Å²) in [7, 11) is 0. The van der Waals surface area contributed by atoms with Crippen molar-refractivity contribution in [1.29, 1.82) is 0 Å². The molecule has 4 rings (SSSR count). The van der Waals surface area contributed by atoms with Crippen LogP contribution < -0.4 is 5.32 Å². The van der Waals surface area contributed by atoms with Crippen LogP contribution in [-0.2, 0) is 11.2 Å². The van der Waals surface area contributed by atoms with Crippen LogP contribution in [0, 0.1) is 0 Å². The van der Waals surface area contributed by atoms with E-state index >= 15 is 0 Å². The largest absolute Gasteiger partial charge is 0.355 e. The van der Waals surface area contributed by atoms with Crippen LogP contribution in [0.3, 0.4) is 0 Å². The van der Waals surface area contributed by atoms with Gasteiger partial charge in [-0.1, -0.05) is 72.4 Å². The molecule has 0 fully saturated rings. The zero-order valence-electron chi connectivity index (χ0n) is 15.2. The van der Waals surface area contributed by atoms with Crippen LogP contribution in [0.15, 0.2) is 77.1 Å². The van der Waals surface area contributed by atoms with Gasteiger partial charge in [0.1, 0.15) is 10.7 Å². The van der Waals surface area contributed by atoms with Crippen molar-refractivity contribution >= 4 is 39.8 Å². The lowest BCUT2D eigenvalue weighted by atomic mass is 10.1. The molecule has 0 saturated carbocycles. The number of carbonyl (C=O) groups is 1. The van der Waals surface area contributed by atoms with Gasteiger partial charge in [-0.25, -0.2) is 0 Å². The third-order valence-corrected chi connectivity index (χ3v) is 6.23. The Kier molecular flexibility index (Phi) is 5.99. The molecule has 6 heteroatoms. The first-order valence-corrected chi connectivity index (χ1v) is 10.9. The first kappa shape index (κ1) is 18.7. The fraction of sp³-hybridized carbons (Fsp3) is 0.136. The first-order valence-electron chi connectivity index (χ1n) is 9.04. The number of nitrogens with one attached hydrogen (secondary N) is 1. The molecule has 0 aliphatic heterocycles. The number of hydrogen-bond acceptors (Lipinski definition) is 5. The third kappa shape index (κ3) is 4.40. The van der Waals surface area contributed by atoms with Gasteiger partial charge < -0.3 is 5.32 Å². The fourth-order valence-corrected chi connectivity index (χ4v) is 4.47. The molecule has 2 aromatic heterocycles. The van der Waals surface area contributed by atoms with Gasteiger partial charge in [-0.2, -0.15) is 0 Å². The average Bonchev–Trinajstić information content (AvgIpc) is 3.26. The van der Waals surface area contributed by atoms with Crippen LogP contribution in [0.2, 0.25) is 0 Å². The van der Waals surface area contributed by atoms with E-state index in [-0.39, 0.29) is 5.91 Å². The second-order valence-corrected chi connectivity index (χ2v) is 8.23. The number of aromatic nitrogens is 2. The lowest BCUT2D eigenvalue weighted by Crippen LogP contribution is -2.27. The predicted molar refractivity (Wildman–Crippen MR) is 117 cm³/mol. The maximum atomic E-state index is 12.2. The lowest BCUT2D eigenvalue weighted by Gasteiger charge is -2.09. The second-order valence-electron chi connectivity index (χ2n) is 6.23. The maximum absolute atomic E-state index is 12.2. The summed E-state index contributed by atoms with van der Waals surface area (Å²) < 4.78 is 0. The summed E-state index contributed by atoms with van der Waals surface area (Å²) in [5, 5.41) is 16.7. The molecule has 0 unspecified atom stereocenters. The molecule has 1 N–H and O–H groups in total. The molecular formula is C22H19N3OS2. The molecule has 0 bridgehead atoms. The van der Waals surface area contributed by atoms with Crippen molar-refractivity contribution in [2.45, 2.75) is 11.4 Å². The topological polar surface area (TPSA) is 54.9 Å². The molecular weight excluding hydrogens is 386 g/mol. The molecule has 28 heavy (non-hydrogen) atoms. The molecule has 1 amide bonds. The Balaban J connectivity index is 1.45. The van der Waals surface area contributed by atoms with E-state index in [1.807, 2.05) is 54.6 Å². The SMILES string of the molecule is O=C(CSc1nnc(-c2ccccc2)c2ccccc12)NCCc1cccs1. The minimum atomic E-state index is 0.0135. The molecule has 0 aliphatic rings. The Labute approximate surface area is 172 Å². The molecule has 4 aromatic rings. The smallest absolute Gasteiger partial charge is 0.230 e. The zero-order valence-corrected chi connectivity index (χ0v) is 16.8. The van der Waals surface area contributed by atoms with E-state index in [1.54, 1.807) is 11.3 Å². The van der Waals surface area contributed by atoms with Crippen molar-refractivity contribution in [3.05, 3.63) is 77.0 Å². The van der Waals surface area contributed by atoms with Gasteiger partial charge in [0.05, 0.1) is 5.75 Å². The number of fused-ring (bicyclic) bond motifs is 1. The van der Waals surface area contributed by atoms with Gasteiger partial charge in [-0.3, -0.25) is 4.79 Å². The summed E-state index contributed by atoms with van der Waals surface area (Å²) >= 11 is 3.14. The van der Waals surface area contributed by atoms with E-state index in [4.69, 9.17) is 0 Å². The number of benzene rings is 2. The Morgan fingerprint density at radius 1 is 0.929 bits per heavy atom. The number of rotatable bonds is 7. The Hall–Kier alpha value is -2.70. The summed E-state index contributed by atoms with van der Waals surface area (Å²) in [6.07, 6.45) is 0.864. The Bertz CT molecular complexity index is 1070. The van der Waals surface area contributed by atoms with E-state index in [2.05, 4.69) is 33.0 Å². The summed E-state index contributed by atoms with van der Waals surface area (Å²) in [5.74, 6) is 0.341. The molecule has 140 valence electrons. The quantitative estimate of drug-likeness (QED) is 0.448. The van der Waals surface area contributed by atoms with Gasteiger partial charge in [0, 0.05) is 27.8 Å². The van der Waals surface area contributed by atoms with Gasteiger partial charge >= 0.3 is 0 Å². The van der Waals surface area contributed by atoms with Crippen LogP contribution in [0.25, 0.3) is 22.0 Å². The van der Waals surface area contributed by atoms with Crippen LogP contribution in [0.5, 0.6) is 0 Å². The van der Waals surface area contributed by atoms with Gasteiger partial charge in [0.25, 0.3) is 0 Å². The van der Waals surface area contributed by atoms with E-state index in [0.717, 1.165) is 33.5 Å². The second kappa shape index (κ2) is 8.99. The molecule has 0 spiro atoms. The standard InChI is InChI=1S/C22H19N3OS2/c26-20(23-13-12-17-9-6-14-27-17)15-28-22-19-11-5-4-10-18(19)21(24-25-22)16-7-2-1-3-8-16/h1-11,14H,12-13,15H2,(H,23,26). The van der Waals surface area contributed by atoms with Crippen LogP contribution in [0.1, 0.15) is 4.88 Å². The monoisotopic (exact) mass is 405 g/mol. The molecule has 0 aliphatic carbocycles. The lowest BCUT2D eigenvalue weighted by molar-refractivity contribution is -0.118. The highest BCUT2D eigenvalue weighted by Crippen LogP contribution is 2.31. The number of hydrogen-bond donors (Lipinski definition) is 1. The first-order chi connectivity index (χ1) is 13.8. The number of thioether (sulfide) groups is 1. The Morgan fingerprint density at radius 2 is 1.71 bits per heavy atom. The minimum Gasteiger partial charge on any atom is -0.355 e. The molecule has 0 radical (unpaired) electrons. The molecule has 0 atom stereocenters. The number of nitrogens with zero attached hydrogens (tertiary/aromatic N) is 2. The summed E-state index contributed by atoms with van der Waals surface area (Å²) in [5.41, 5.74) is 1.90. The minimum absolute atomic E-state index is 0.0135.